The molecule has 0 N–H and O–H groups in total. The summed E-state index contributed by atoms with van der Waals surface area (Å²) >= 11 is 0. The summed E-state index contributed by atoms with van der Waals surface area (Å²) in [7, 11) is -1.12. The van der Waals surface area contributed by atoms with Crippen molar-refractivity contribution >= 4 is 13.1 Å². The molecule has 0 radical (unpaired) electrons. The molecular weight excluding hydrogens is 341 g/mol. The minimum Gasteiger partial charge on any atom is -0.462 e. The second kappa shape index (κ2) is 7.49. The fraction of sp³-hybridized carbons (Fsp3) is 0.526. The summed E-state index contributed by atoms with van der Waals surface area (Å²) in [6, 6.07) is 8.39. The molecule has 4 nitrogen and oxygen atoms in total. The Morgan fingerprint density at radius 3 is 2.27 bits per heavy atom. The number of hydrogen-bond acceptors (Lipinski definition) is 4. The molecule has 2 rings (SSSR count). The first-order valence-electron chi connectivity index (χ1n) is 8.59. The monoisotopic (exact) mass is 366 g/mol. The molecule has 1 heterocycles. The van der Waals surface area contributed by atoms with E-state index in [0.29, 0.717) is 11.6 Å². The van der Waals surface area contributed by atoms with Gasteiger partial charge in [0, 0.05) is 0 Å². The fourth-order valence-electron chi connectivity index (χ4n) is 2.65. The quantitative estimate of drug-likeness (QED) is 0.404. The van der Waals surface area contributed by atoms with Crippen LogP contribution in [0.2, 0.25) is 5.82 Å². The normalized spacial score (nSPS) is 19.8. The van der Waals surface area contributed by atoms with Crippen LogP contribution in [0.1, 0.15) is 44.5 Å². The molecule has 1 aromatic carbocycles. The maximum Gasteiger partial charge on any atom is 0.467 e. The van der Waals surface area contributed by atoms with E-state index in [0.717, 1.165) is 0 Å². The van der Waals surface area contributed by atoms with Crippen molar-refractivity contribution in [2.45, 2.75) is 57.1 Å². The van der Waals surface area contributed by atoms with Crippen LogP contribution in [0.5, 0.6) is 0 Å². The third-order valence-corrected chi connectivity index (χ3v) is 5.04. The highest BCUT2D eigenvalue weighted by Gasteiger charge is 2.58. The van der Waals surface area contributed by atoms with Gasteiger partial charge >= 0.3 is 13.1 Å². The number of halogens is 2. The molecule has 1 aliphatic heterocycles. The molecule has 0 bridgehead atoms. The van der Waals surface area contributed by atoms with E-state index < -0.39 is 36.0 Å². The topological polar surface area (TPSA) is 44.8 Å². The van der Waals surface area contributed by atoms with Crippen LogP contribution in [0.4, 0.5) is 8.78 Å². The number of esters is 1. The molecule has 142 valence electrons. The third-order valence-electron chi connectivity index (χ3n) is 5.04. The van der Waals surface area contributed by atoms with Gasteiger partial charge in [-0.15, -0.1) is 0 Å². The molecular formula is C19H25BF2O4. The molecule has 0 aromatic heterocycles. The van der Waals surface area contributed by atoms with Crippen LogP contribution >= 0.6 is 0 Å². The van der Waals surface area contributed by atoms with E-state index in [9.17, 15) is 13.6 Å². The summed E-state index contributed by atoms with van der Waals surface area (Å²) in [4.78, 5) is 12.0. The highest BCUT2D eigenvalue weighted by Crippen LogP contribution is 2.46. The van der Waals surface area contributed by atoms with E-state index in [1.54, 1.807) is 58.0 Å². The van der Waals surface area contributed by atoms with Crippen molar-refractivity contribution < 1.29 is 27.6 Å². The number of alkyl halides is 2. The van der Waals surface area contributed by atoms with Gasteiger partial charge in [-0.25, -0.2) is 13.6 Å². The van der Waals surface area contributed by atoms with Crippen LogP contribution in [0.3, 0.4) is 0 Å². The summed E-state index contributed by atoms with van der Waals surface area (Å²) in [5.41, 5.74) is -1.09. The van der Waals surface area contributed by atoms with Gasteiger partial charge in [-0.05, 0) is 52.3 Å². The van der Waals surface area contributed by atoms with Gasteiger partial charge in [0.1, 0.15) is 0 Å². The smallest absolute Gasteiger partial charge is 0.462 e. The van der Waals surface area contributed by atoms with Crippen LogP contribution in [0, 0.1) is 0 Å². The minimum atomic E-state index is -3.22. The first kappa shape index (κ1) is 20.6. The Kier molecular flexibility index (Phi) is 5.93. The second-order valence-electron chi connectivity index (χ2n) is 7.40. The maximum atomic E-state index is 14.4. The van der Waals surface area contributed by atoms with Gasteiger partial charge < -0.3 is 14.0 Å². The first-order chi connectivity index (χ1) is 12.0. The Morgan fingerprint density at radius 1 is 1.23 bits per heavy atom. The lowest BCUT2D eigenvalue weighted by atomic mass is 9.66. The van der Waals surface area contributed by atoms with Crippen molar-refractivity contribution in [3.63, 3.8) is 0 Å². The van der Waals surface area contributed by atoms with Gasteiger partial charge in [-0.3, -0.25) is 0 Å². The number of rotatable bonds is 7. The Hall–Kier alpha value is -1.73. The third kappa shape index (κ3) is 4.33. The number of benzene rings is 1. The van der Waals surface area contributed by atoms with Crippen LogP contribution < -0.4 is 0 Å². The molecule has 1 fully saturated rings. The number of carbonyl (C=O) groups is 1. The van der Waals surface area contributed by atoms with Crippen LogP contribution in [0.15, 0.2) is 43.0 Å². The van der Waals surface area contributed by atoms with E-state index in [1.165, 1.54) is 0 Å². The van der Waals surface area contributed by atoms with E-state index in [-0.39, 0.29) is 13.0 Å². The van der Waals surface area contributed by atoms with Crippen molar-refractivity contribution in [1.82, 2.24) is 0 Å². The standard InChI is InChI=1S/C19H25BF2O4/c1-6-19(21,22)15(20-25-17(2,3)18(4,5)26-20)12-13-24-16(23)14-10-8-7-9-11-14/h6-11,15H,1,12-13H2,2-5H3/t15-/m0/s1. The van der Waals surface area contributed by atoms with Crippen molar-refractivity contribution in [1.29, 1.82) is 0 Å². The van der Waals surface area contributed by atoms with Crippen LogP contribution in [-0.4, -0.2) is 36.8 Å². The molecule has 0 amide bonds. The zero-order valence-electron chi connectivity index (χ0n) is 15.6. The molecule has 26 heavy (non-hydrogen) atoms. The zero-order valence-corrected chi connectivity index (χ0v) is 15.6. The summed E-state index contributed by atoms with van der Waals surface area (Å²) < 4.78 is 45.5. The zero-order chi connectivity index (χ0) is 19.6. The number of hydrogen-bond donors (Lipinski definition) is 0. The molecule has 1 atom stereocenters. The Labute approximate surface area is 153 Å². The predicted octanol–water partition coefficient (Wildman–Crippen LogP) is 4.52. The predicted molar refractivity (Wildman–Crippen MR) is 96.3 cm³/mol. The summed E-state index contributed by atoms with van der Waals surface area (Å²) in [6.45, 7) is 10.2. The maximum absolute atomic E-state index is 14.4. The van der Waals surface area contributed by atoms with Crippen molar-refractivity contribution in [2.75, 3.05) is 6.61 Å². The van der Waals surface area contributed by atoms with Crippen molar-refractivity contribution in [3.05, 3.63) is 48.6 Å². The number of allylic oxidation sites excluding steroid dienone is 1. The average molecular weight is 366 g/mol. The van der Waals surface area contributed by atoms with Crippen molar-refractivity contribution in [3.8, 4) is 0 Å². The van der Waals surface area contributed by atoms with Gasteiger partial charge in [0.05, 0.1) is 29.2 Å². The Bertz CT molecular complexity index is 630. The number of carbonyl (C=O) groups excluding carboxylic acids is 1. The van der Waals surface area contributed by atoms with E-state index in [1.807, 2.05) is 0 Å². The van der Waals surface area contributed by atoms with E-state index in [4.69, 9.17) is 14.0 Å². The molecule has 1 aromatic rings. The molecule has 0 unspecified atom stereocenters. The van der Waals surface area contributed by atoms with Gasteiger partial charge in [-0.2, -0.15) is 0 Å². The van der Waals surface area contributed by atoms with E-state index in [2.05, 4.69) is 6.58 Å². The first-order valence-corrected chi connectivity index (χ1v) is 8.59. The van der Waals surface area contributed by atoms with Gasteiger partial charge in [0.2, 0.25) is 0 Å². The van der Waals surface area contributed by atoms with Crippen LogP contribution in [-0.2, 0) is 14.0 Å². The Balaban J connectivity index is 2.05. The fourth-order valence-corrected chi connectivity index (χ4v) is 2.65. The second-order valence-corrected chi connectivity index (χ2v) is 7.40. The minimum absolute atomic E-state index is 0.117. The SMILES string of the molecule is C=CC(F)(F)[C@H](CCOC(=O)c1ccccc1)B1OC(C)(C)C(C)(C)O1. The van der Waals surface area contributed by atoms with Gasteiger partial charge in [-0.1, -0.05) is 24.8 Å². The average Bonchev–Trinajstić information content (AvgIpc) is 2.79. The van der Waals surface area contributed by atoms with Crippen molar-refractivity contribution in [2.24, 2.45) is 0 Å². The lowest BCUT2D eigenvalue weighted by Crippen LogP contribution is -2.41. The summed E-state index contributed by atoms with van der Waals surface area (Å²) in [6.07, 6.45) is 0.468. The highest BCUT2D eigenvalue weighted by molar-refractivity contribution is 6.48. The van der Waals surface area contributed by atoms with Gasteiger partial charge in [0.15, 0.2) is 0 Å². The molecule has 0 aliphatic carbocycles. The highest BCUT2D eigenvalue weighted by atomic mass is 19.3. The molecule has 1 aliphatic rings. The summed E-state index contributed by atoms with van der Waals surface area (Å²) in [5.74, 6) is -5.09. The molecule has 1 saturated heterocycles. The van der Waals surface area contributed by atoms with E-state index >= 15 is 0 Å². The number of ether oxygens (including phenoxy) is 1. The molecule has 7 heteroatoms. The molecule has 0 saturated carbocycles. The lowest BCUT2D eigenvalue weighted by molar-refractivity contribution is 0.00578. The largest absolute Gasteiger partial charge is 0.467 e. The van der Waals surface area contributed by atoms with Crippen LogP contribution in [0.25, 0.3) is 0 Å². The summed E-state index contributed by atoms with van der Waals surface area (Å²) in [5, 5.41) is 0. The van der Waals surface area contributed by atoms with Gasteiger partial charge in [0.25, 0.3) is 5.92 Å². The molecule has 0 spiro atoms. The Morgan fingerprint density at radius 2 is 1.77 bits per heavy atom. The lowest BCUT2D eigenvalue weighted by Gasteiger charge is -2.32.